The first-order chi connectivity index (χ1) is 11.7. The van der Waals surface area contributed by atoms with Gasteiger partial charge in [-0.2, -0.15) is 0 Å². The number of para-hydroxylation sites is 1. The molecule has 0 aliphatic carbocycles. The number of likely N-dealkylation sites (tertiary alicyclic amines) is 1. The zero-order chi connectivity index (χ0) is 16.8. The van der Waals surface area contributed by atoms with E-state index in [4.69, 9.17) is 4.74 Å². The third-order valence-electron chi connectivity index (χ3n) is 4.08. The van der Waals surface area contributed by atoms with E-state index >= 15 is 0 Å². The Kier molecular flexibility index (Phi) is 5.30. The van der Waals surface area contributed by atoms with Crippen molar-refractivity contribution in [3.8, 4) is 5.75 Å². The van der Waals surface area contributed by atoms with Crippen molar-refractivity contribution in [2.45, 2.75) is 19.4 Å². The minimum atomic E-state index is -0.360. The van der Waals surface area contributed by atoms with Gasteiger partial charge in [-0.05, 0) is 25.0 Å². The van der Waals surface area contributed by atoms with E-state index in [0.717, 1.165) is 25.2 Å². The average Bonchev–Trinajstić information content (AvgIpc) is 3.13. The number of aromatic amines is 1. The molecule has 7 heteroatoms. The number of imidazole rings is 1. The summed E-state index contributed by atoms with van der Waals surface area (Å²) in [5, 5.41) is 2.85. The maximum atomic E-state index is 13.6. The first-order valence-electron chi connectivity index (χ1n) is 8.10. The summed E-state index contributed by atoms with van der Waals surface area (Å²) >= 11 is 0. The largest absolute Gasteiger partial charge is 0.490 e. The van der Waals surface area contributed by atoms with E-state index in [9.17, 15) is 9.18 Å². The second-order valence-electron chi connectivity index (χ2n) is 5.89. The summed E-state index contributed by atoms with van der Waals surface area (Å²) in [6.45, 7) is 2.11. The van der Waals surface area contributed by atoms with Crippen molar-refractivity contribution in [1.29, 1.82) is 0 Å². The molecule has 2 aromatic rings. The molecule has 1 aromatic carbocycles. The van der Waals surface area contributed by atoms with E-state index < -0.39 is 0 Å². The highest BCUT2D eigenvalue weighted by molar-refractivity contribution is 5.74. The summed E-state index contributed by atoms with van der Waals surface area (Å²) in [7, 11) is 0. The minimum Gasteiger partial charge on any atom is -0.490 e. The second-order valence-corrected chi connectivity index (χ2v) is 5.89. The molecule has 3 rings (SSSR count). The lowest BCUT2D eigenvalue weighted by Gasteiger charge is -2.32. The molecular weight excluding hydrogens is 311 g/mol. The van der Waals surface area contributed by atoms with Crippen LogP contribution in [-0.4, -0.2) is 40.6 Å². The number of aromatic nitrogens is 2. The molecule has 6 nitrogen and oxygen atoms in total. The van der Waals surface area contributed by atoms with Crippen LogP contribution < -0.4 is 10.1 Å². The number of urea groups is 1. The van der Waals surface area contributed by atoms with Gasteiger partial charge in [0.15, 0.2) is 11.6 Å². The first kappa shape index (κ1) is 16.3. The zero-order valence-corrected chi connectivity index (χ0v) is 13.4. The predicted octanol–water partition coefficient (Wildman–Crippen LogP) is 2.55. The summed E-state index contributed by atoms with van der Waals surface area (Å²) in [4.78, 5) is 21.0. The number of H-pyrrole nitrogens is 1. The van der Waals surface area contributed by atoms with Crippen LogP contribution in [0.2, 0.25) is 0 Å². The van der Waals surface area contributed by atoms with E-state index in [1.807, 2.05) is 0 Å². The van der Waals surface area contributed by atoms with Gasteiger partial charge in [0.2, 0.25) is 0 Å². The lowest BCUT2D eigenvalue weighted by atomic mass is 9.99. The van der Waals surface area contributed by atoms with Gasteiger partial charge in [-0.3, -0.25) is 0 Å². The van der Waals surface area contributed by atoms with Gasteiger partial charge in [-0.25, -0.2) is 14.2 Å². The molecule has 1 saturated heterocycles. The summed E-state index contributed by atoms with van der Waals surface area (Å²) in [5.74, 6) is 0.825. The quantitative estimate of drug-likeness (QED) is 0.884. The number of halogens is 1. The van der Waals surface area contributed by atoms with Gasteiger partial charge in [0.1, 0.15) is 5.82 Å². The topological polar surface area (TPSA) is 70.2 Å². The van der Waals surface area contributed by atoms with Crippen LogP contribution in [0.3, 0.4) is 0 Å². The third kappa shape index (κ3) is 4.24. The molecule has 1 aliphatic heterocycles. The molecule has 24 heavy (non-hydrogen) atoms. The van der Waals surface area contributed by atoms with Crippen LogP contribution in [0.4, 0.5) is 9.18 Å². The van der Waals surface area contributed by atoms with E-state index in [-0.39, 0.29) is 23.5 Å². The molecular formula is C17H21FN4O2. The molecule has 1 aromatic heterocycles. The summed E-state index contributed by atoms with van der Waals surface area (Å²) in [6, 6.07) is 6.26. The molecule has 2 N–H and O–H groups in total. The molecule has 0 unspecified atom stereocenters. The highest BCUT2D eigenvalue weighted by atomic mass is 19.1. The van der Waals surface area contributed by atoms with Gasteiger partial charge >= 0.3 is 6.03 Å². The van der Waals surface area contributed by atoms with Gasteiger partial charge in [0, 0.05) is 31.4 Å². The Labute approximate surface area is 140 Å². The number of hydrogen-bond acceptors (Lipinski definition) is 3. The maximum absolute atomic E-state index is 13.6. The van der Waals surface area contributed by atoms with Crippen LogP contribution in [0.1, 0.15) is 18.7 Å². The number of rotatable bonds is 5. The van der Waals surface area contributed by atoms with Crippen molar-refractivity contribution < 1.29 is 13.9 Å². The number of benzene rings is 1. The molecule has 2 heterocycles. The molecule has 1 atom stereocenters. The number of carbonyl (C=O) groups excluding carboxylic acids is 1. The molecule has 0 radical (unpaired) electrons. The molecule has 0 bridgehead atoms. The predicted molar refractivity (Wildman–Crippen MR) is 87.0 cm³/mol. The number of nitrogens with one attached hydrogen (secondary N) is 2. The van der Waals surface area contributed by atoms with Crippen molar-refractivity contribution >= 4 is 6.03 Å². The van der Waals surface area contributed by atoms with Gasteiger partial charge in [0.05, 0.1) is 13.2 Å². The lowest BCUT2D eigenvalue weighted by Crippen LogP contribution is -2.46. The molecule has 2 amide bonds. The first-order valence-corrected chi connectivity index (χ1v) is 8.10. The second kappa shape index (κ2) is 7.81. The average molecular weight is 332 g/mol. The van der Waals surface area contributed by atoms with Crippen LogP contribution in [-0.2, 0) is 6.54 Å². The highest BCUT2D eigenvalue weighted by Crippen LogP contribution is 2.20. The zero-order valence-electron chi connectivity index (χ0n) is 13.4. The number of hydrogen-bond donors (Lipinski definition) is 2. The molecule has 0 saturated carbocycles. The van der Waals surface area contributed by atoms with Gasteiger partial charge in [-0.1, -0.05) is 12.1 Å². The lowest BCUT2D eigenvalue weighted by molar-refractivity contribution is 0.135. The van der Waals surface area contributed by atoms with Crippen molar-refractivity contribution in [3.05, 3.63) is 48.3 Å². The van der Waals surface area contributed by atoms with E-state index in [1.165, 1.54) is 6.07 Å². The maximum Gasteiger partial charge on any atom is 0.317 e. The number of carbonyl (C=O) groups is 1. The van der Waals surface area contributed by atoms with Crippen molar-refractivity contribution in [2.75, 3.05) is 19.7 Å². The van der Waals surface area contributed by atoms with Gasteiger partial charge < -0.3 is 19.9 Å². The van der Waals surface area contributed by atoms with Gasteiger partial charge in [0.25, 0.3) is 0 Å². The number of amides is 2. The smallest absolute Gasteiger partial charge is 0.317 e. The van der Waals surface area contributed by atoms with Crippen LogP contribution in [0.25, 0.3) is 0 Å². The minimum absolute atomic E-state index is 0.109. The Morgan fingerprint density at radius 2 is 2.33 bits per heavy atom. The van der Waals surface area contributed by atoms with E-state index in [2.05, 4.69) is 15.3 Å². The normalized spacial score (nSPS) is 17.5. The monoisotopic (exact) mass is 332 g/mol. The van der Waals surface area contributed by atoms with E-state index in [1.54, 1.807) is 35.5 Å². The van der Waals surface area contributed by atoms with Crippen LogP contribution in [0.5, 0.6) is 5.75 Å². The van der Waals surface area contributed by atoms with Crippen LogP contribution in [0.15, 0.2) is 36.7 Å². The Hall–Kier alpha value is -2.57. The number of piperidine rings is 1. The Morgan fingerprint density at radius 1 is 1.46 bits per heavy atom. The fourth-order valence-electron chi connectivity index (χ4n) is 2.82. The fourth-order valence-corrected chi connectivity index (χ4v) is 2.82. The standard InChI is InChI=1S/C17H21FN4O2/c18-14-5-1-2-6-15(14)24-12-13-4-3-9-22(11-13)17(23)21-10-16-19-7-8-20-16/h1-2,5-8,13H,3-4,9-12H2,(H,19,20)(H,21,23)/t13-/m1/s1. The Morgan fingerprint density at radius 3 is 3.12 bits per heavy atom. The summed E-state index contributed by atoms with van der Waals surface area (Å²) in [6.07, 6.45) is 5.26. The fraction of sp³-hybridized carbons (Fsp3) is 0.412. The summed E-state index contributed by atoms with van der Waals surface area (Å²) in [5.41, 5.74) is 0. The summed E-state index contributed by atoms with van der Waals surface area (Å²) < 4.78 is 19.2. The van der Waals surface area contributed by atoms with Crippen LogP contribution in [0, 0.1) is 11.7 Å². The number of nitrogens with zero attached hydrogens (tertiary/aromatic N) is 2. The molecule has 128 valence electrons. The SMILES string of the molecule is O=C(NCc1ncc[nH]1)N1CCC[C@@H](COc2ccccc2F)C1. The molecule has 1 fully saturated rings. The Bertz CT molecular complexity index is 662. The van der Waals surface area contributed by atoms with Crippen molar-refractivity contribution in [3.63, 3.8) is 0 Å². The van der Waals surface area contributed by atoms with Crippen molar-refractivity contribution in [2.24, 2.45) is 5.92 Å². The highest BCUT2D eigenvalue weighted by Gasteiger charge is 2.24. The molecule has 1 aliphatic rings. The van der Waals surface area contributed by atoms with E-state index in [0.29, 0.717) is 19.7 Å². The number of ether oxygens (including phenoxy) is 1. The molecule has 0 spiro atoms. The van der Waals surface area contributed by atoms with Crippen molar-refractivity contribution in [1.82, 2.24) is 20.2 Å². The Balaban J connectivity index is 1.47. The third-order valence-corrected chi connectivity index (χ3v) is 4.08. The van der Waals surface area contributed by atoms with Crippen LogP contribution >= 0.6 is 0 Å². The van der Waals surface area contributed by atoms with Gasteiger partial charge in [-0.15, -0.1) is 0 Å².